The van der Waals surface area contributed by atoms with E-state index in [1.807, 2.05) is 24.3 Å². The number of halogens is 3. The number of alkyl halides is 1. The summed E-state index contributed by atoms with van der Waals surface area (Å²) in [6.45, 7) is 0.423. The van der Waals surface area contributed by atoms with Crippen molar-refractivity contribution < 1.29 is 4.74 Å². The number of nitrogens with zero attached hydrogens (tertiary/aromatic N) is 1. The Balaban J connectivity index is 2.06. The predicted octanol–water partition coefficient (Wildman–Crippen LogP) is 4.82. The van der Waals surface area contributed by atoms with Gasteiger partial charge in [-0.2, -0.15) is 0 Å². The fourth-order valence-electron chi connectivity index (χ4n) is 1.44. The zero-order valence-electron chi connectivity index (χ0n) is 9.37. The van der Waals surface area contributed by atoms with E-state index in [0.29, 0.717) is 23.3 Å². The van der Waals surface area contributed by atoms with Crippen LogP contribution in [-0.4, -0.2) is 4.98 Å². The highest BCUT2D eigenvalue weighted by atomic mass is 79.9. The monoisotopic (exact) mass is 345 g/mol. The summed E-state index contributed by atoms with van der Waals surface area (Å²) in [4.78, 5) is 4.07. The standard InChI is InChI=1S/C13H10BrCl2NO/c14-11-3-10(6-17-7-11)8-18-13-2-1-9(5-15)4-12(13)16/h1-4,6-7H,5,8H2. The quantitative estimate of drug-likeness (QED) is 0.741. The highest BCUT2D eigenvalue weighted by Crippen LogP contribution is 2.27. The van der Waals surface area contributed by atoms with Crippen LogP contribution in [0.1, 0.15) is 11.1 Å². The van der Waals surface area contributed by atoms with E-state index in [4.69, 9.17) is 27.9 Å². The van der Waals surface area contributed by atoms with Gasteiger partial charge in [-0.3, -0.25) is 4.98 Å². The summed E-state index contributed by atoms with van der Waals surface area (Å²) in [5, 5.41) is 0.566. The second-order valence-corrected chi connectivity index (χ2v) is 5.29. The van der Waals surface area contributed by atoms with Crippen molar-refractivity contribution in [2.45, 2.75) is 12.5 Å². The van der Waals surface area contributed by atoms with Gasteiger partial charge in [0.25, 0.3) is 0 Å². The zero-order valence-corrected chi connectivity index (χ0v) is 12.5. The van der Waals surface area contributed by atoms with Gasteiger partial charge < -0.3 is 4.74 Å². The van der Waals surface area contributed by atoms with Gasteiger partial charge in [0.1, 0.15) is 12.4 Å². The average Bonchev–Trinajstić information content (AvgIpc) is 2.37. The molecule has 94 valence electrons. The molecule has 0 aliphatic carbocycles. The Morgan fingerprint density at radius 3 is 2.67 bits per heavy atom. The van der Waals surface area contributed by atoms with E-state index in [9.17, 15) is 0 Å². The summed E-state index contributed by atoms with van der Waals surface area (Å²) >= 11 is 15.2. The molecular weight excluding hydrogens is 337 g/mol. The summed E-state index contributed by atoms with van der Waals surface area (Å²) in [6.07, 6.45) is 3.48. The van der Waals surface area contributed by atoms with Gasteiger partial charge in [0.05, 0.1) is 5.02 Å². The summed E-state index contributed by atoms with van der Waals surface area (Å²) in [5.41, 5.74) is 1.94. The molecule has 0 radical (unpaired) electrons. The Morgan fingerprint density at radius 1 is 1.17 bits per heavy atom. The van der Waals surface area contributed by atoms with Crippen molar-refractivity contribution in [2.24, 2.45) is 0 Å². The van der Waals surface area contributed by atoms with E-state index in [1.54, 1.807) is 12.4 Å². The van der Waals surface area contributed by atoms with Gasteiger partial charge in [-0.1, -0.05) is 17.7 Å². The first-order valence-electron chi connectivity index (χ1n) is 5.25. The number of ether oxygens (including phenoxy) is 1. The Kier molecular flexibility index (Phi) is 4.87. The molecule has 18 heavy (non-hydrogen) atoms. The third kappa shape index (κ3) is 3.61. The molecule has 0 spiro atoms. The van der Waals surface area contributed by atoms with Crippen LogP contribution in [0.2, 0.25) is 5.02 Å². The Hall–Kier alpha value is -0.770. The molecular formula is C13H10BrCl2NO. The van der Waals surface area contributed by atoms with Crippen molar-refractivity contribution in [3.05, 3.63) is 57.3 Å². The molecule has 0 N–H and O–H groups in total. The molecule has 0 aliphatic rings. The van der Waals surface area contributed by atoms with Crippen LogP contribution in [0.5, 0.6) is 5.75 Å². The van der Waals surface area contributed by atoms with E-state index in [0.717, 1.165) is 15.6 Å². The van der Waals surface area contributed by atoms with Crippen LogP contribution < -0.4 is 4.74 Å². The van der Waals surface area contributed by atoms with E-state index in [2.05, 4.69) is 20.9 Å². The SMILES string of the molecule is ClCc1ccc(OCc2cncc(Br)c2)c(Cl)c1. The predicted molar refractivity (Wildman–Crippen MR) is 77.3 cm³/mol. The molecule has 0 atom stereocenters. The molecule has 1 aromatic heterocycles. The van der Waals surface area contributed by atoms with Crippen LogP contribution in [0.15, 0.2) is 41.1 Å². The van der Waals surface area contributed by atoms with Gasteiger partial charge in [-0.25, -0.2) is 0 Å². The van der Waals surface area contributed by atoms with Gasteiger partial charge in [0, 0.05) is 28.3 Å². The van der Waals surface area contributed by atoms with Gasteiger partial charge in [0.2, 0.25) is 0 Å². The maximum atomic E-state index is 6.10. The average molecular weight is 347 g/mol. The van der Waals surface area contributed by atoms with E-state index < -0.39 is 0 Å². The Labute approximate surface area is 124 Å². The number of hydrogen-bond acceptors (Lipinski definition) is 2. The minimum atomic E-state index is 0.423. The molecule has 0 amide bonds. The molecule has 2 rings (SSSR count). The lowest BCUT2D eigenvalue weighted by Crippen LogP contribution is -1.97. The topological polar surface area (TPSA) is 22.1 Å². The molecule has 0 saturated heterocycles. The largest absolute Gasteiger partial charge is 0.487 e. The lowest BCUT2D eigenvalue weighted by atomic mass is 10.2. The molecule has 2 nitrogen and oxygen atoms in total. The van der Waals surface area contributed by atoms with Crippen LogP contribution in [0, 0.1) is 0 Å². The highest BCUT2D eigenvalue weighted by Gasteiger charge is 2.03. The molecule has 0 unspecified atom stereocenters. The third-order valence-electron chi connectivity index (χ3n) is 2.31. The minimum Gasteiger partial charge on any atom is -0.487 e. The number of benzene rings is 1. The van der Waals surface area contributed by atoms with Gasteiger partial charge in [0.15, 0.2) is 0 Å². The van der Waals surface area contributed by atoms with Gasteiger partial charge in [-0.05, 0) is 39.7 Å². The third-order valence-corrected chi connectivity index (χ3v) is 3.34. The highest BCUT2D eigenvalue weighted by molar-refractivity contribution is 9.10. The van der Waals surface area contributed by atoms with E-state index in [-0.39, 0.29) is 0 Å². The first kappa shape index (κ1) is 13.7. The fraction of sp³-hybridized carbons (Fsp3) is 0.154. The van der Waals surface area contributed by atoms with Crippen molar-refractivity contribution in [2.75, 3.05) is 0 Å². The normalized spacial score (nSPS) is 10.4. The first-order chi connectivity index (χ1) is 8.69. The van der Waals surface area contributed by atoms with Crippen molar-refractivity contribution in [3.63, 3.8) is 0 Å². The maximum Gasteiger partial charge on any atom is 0.138 e. The van der Waals surface area contributed by atoms with Crippen LogP contribution in [0.3, 0.4) is 0 Å². The Bertz CT molecular complexity index is 548. The Morgan fingerprint density at radius 2 is 2.00 bits per heavy atom. The van der Waals surface area contributed by atoms with Crippen molar-refractivity contribution in [3.8, 4) is 5.75 Å². The molecule has 0 bridgehead atoms. The number of hydrogen-bond donors (Lipinski definition) is 0. The number of pyridine rings is 1. The minimum absolute atomic E-state index is 0.423. The van der Waals surface area contributed by atoms with Crippen molar-refractivity contribution in [1.29, 1.82) is 0 Å². The summed E-state index contributed by atoms with van der Waals surface area (Å²) in [5.74, 6) is 1.08. The van der Waals surface area contributed by atoms with Crippen LogP contribution in [0.4, 0.5) is 0 Å². The van der Waals surface area contributed by atoms with E-state index in [1.165, 1.54) is 0 Å². The molecule has 1 aromatic carbocycles. The van der Waals surface area contributed by atoms with E-state index >= 15 is 0 Å². The summed E-state index contributed by atoms with van der Waals surface area (Å²) in [6, 6.07) is 7.48. The lowest BCUT2D eigenvalue weighted by molar-refractivity contribution is 0.306. The molecule has 0 fully saturated rings. The van der Waals surface area contributed by atoms with Crippen LogP contribution >= 0.6 is 39.1 Å². The summed E-state index contributed by atoms with van der Waals surface area (Å²) in [7, 11) is 0. The van der Waals surface area contributed by atoms with Gasteiger partial charge >= 0.3 is 0 Å². The molecule has 0 aliphatic heterocycles. The first-order valence-corrected chi connectivity index (χ1v) is 6.96. The fourth-order valence-corrected chi connectivity index (χ4v) is 2.28. The smallest absolute Gasteiger partial charge is 0.138 e. The number of rotatable bonds is 4. The zero-order chi connectivity index (χ0) is 13.0. The second kappa shape index (κ2) is 6.41. The van der Waals surface area contributed by atoms with Crippen molar-refractivity contribution in [1.82, 2.24) is 4.98 Å². The van der Waals surface area contributed by atoms with Crippen LogP contribution in [0.25, 0.3) is 0 Å². The molecule has 5 heteroatoms. The number of aromatic nitrogens is 1. The molecule has 2 aromatic rings. The molecule has 0 saturated carbocycles. The van der Waals surface area contributed by atoms with Crippen LogP contribution in [-0.2, 0) is 12.5 Å². The van der Waals surface area contributed by atoms with Crippen molar-refractivity contribution >= 4 is 39.1 Å². The van der Waals surface area contributed by atoms with Gasteiger partial charge in [-0.15, -0.1) is 11.6 Å². The molecule has 1 heterocycles. The lowest BCUT2D eigenvalue weighted by Gasteiger charge is -2.09. The summed E-state index contributed by atoms with van der Waals surface area (Å²) < 4.78 is 6.56. The second-order valence-electron chi connectivity index (χ2n) is 3.70. The maximum absolute atomic E-state index is 6.10.